The summed E-state index contributed by atoms with van der Waals surface area (Å²) >= 11 is 0. The zero-order valence-corrected chi connectivity index (χ0v) is 10.8. The topological polar surface area (TPSA) is 38.3 Å². The maximum Gasteiger partial charge on any atom is 0.332 e. The second-order valence-corrected chi connectivity index (χ2v) is 4.83. The number of anilines is 1. The van der Waals surface area contributed by atoms with Gasteiger partial charge in [-0.25, -0.2) is 4.79 Å². The van der Waals surface area contributed by atoms with E-state index < -0.39 is 5.60 Å². The van der Waals surface area contributed by atoms with Crippen molar-refractivity contribution in [3.63, 3.8) is 0 Å². The van der Waals surface area contributed by atoms with Gasteiger partial charge in [0.15, 0.2) is 0 Å². The highest BCUT2D eigenvalue weighted by Gasteiger charge is 2.13. The number of benzene rings is 1. The smallest absolute Gasteiger partial charge is 0.332 e. The van der Waals surface area contributed by atoms with Crippen molar-refractivity contribution in [2.45, 2.75) is 33.3 Å². The monoisotopic (exact) mass is 233 g/mol. The molecule has 0 amide bonds. The minimum absolute atomic E-state index is 0.349. The molecule has 0 aliphatic rings. The lowest BCUT2D eigenvalue weighted by molar-refractivity contribution is -0.148. The Morgan fingerprint density at radius 2 is 1.94 bits per heavy atom. The fourth-order valence-electron chi connectivity index (χ4n) is 1.27. The molecule has 0 unspecified atom stereocenters. The van der Waals surface area contributed by atoms with Gasteiger partial charge in [0.2, 0.25) is 0 Å². The van der Waals surface area contributed by atoms with Gasteiger partial charge in [-0.2, -0.15) is 0 Å². The van der Waals surface area contributed by atoms with Gasteiger partial charge in [0.25, 0.3) is 0 Å². The molecule has 0 fully saturated rings. The van der Waals surface area contributed by atoms with E-state index >= 15 is 0 Å². The van der Waals surface area contributed by atoms with E-state index in [1.807, 2.05) is 52.0 Å². The van der Waals surface area contributed by atoms with Gasteiger partial charge in [0.05, 0.1) is 0 Å². The molecular formula is C14H19NO2. The maximum atomic E-state index is 11.4. The van der Waals surface area contributed by atoms with Gasteiger partial charge in [-0.3, -0.25) is 0 Å². The minimum atomic E-state index is -0.454. The summed E-state index contributed by atoms with van der Waals surface area (Å²) in [5.74, 6) is -0.349. The molecule has 1 aromatic carbocycles. The van der Waals surface area contributed by atoms with Crippen LogP contribution in [-0.2, 0) is 9.53 Å². The number of ether oxygens (including phenoxy) is 1. The van der Waals surface area contributed by atoms with Gasteiger partial charge in [-0.05, 0) is 39.3 Å². The molecular weight excluding hydrogens is 214 g/mol. The Kier molecular flexibility index (Phi) is 4.32. The molecule has 0 atom stereocenters. The quantitative estimate of drug-likeness (QED) is 0.643. The number of nitrogens with one attached hydrogen (secondary N) is 1. The Bertz CT molecular complexity index is 416. The van der Waals surface area contributed by atoms with Crippen molar-refractivity contribution in [2.24, 2.45) is 0 Å². The highest BCUT2D eigenvalue weighted by molar-refractivity contribution is 5.82. The Morgan fingerprint density at radius 3 is 2.53 bits per heavy atom. The van der Waals surface area contributed by atoms with Crippen LogP contribution < -0.4 is 5.32 Å². The summed E-state index contributed by atoms with van der Waals surface area (Å²) in [7, 11) is 0. The van der Waals surface area contributed by atoms with Crippen LogP contribution in [0.25, 0.3) is 0 Å². The van der Waals surface area contributed by atoms with E-state index in [1.54, 1.807) is 6.20 Å². The van der Waals surface area contributed by atoms with Crippen molar-refractivity contribution in [1.29, 1.82) is 0 Å². The number of hydrogen-bond donors (Lipinski definition) is 1. The second-order valence-electron chi connectivity index (χ2n) is 4.83. The van der Waals surface area contributed by atoms with Gasteiger partial charge >= 0.3 is 5.97 Å². The summed E-state index contributed by atoms with van der Waals surface area (Å²) in [6, 6.07) is 7.87. The Labute approximate surface area is 102 Å². The first-order valence-electron chi connectivity index (χ1n) is 5.60. The molecule has 92 valence electrons. The van der Waals surface area contributed by atoms with Crippen LogP contribution in [0.1, 0.15) is 26.3 Å². The largest absolute Gasteiger partial charge is 0.457 e. The lowest BCUT2D eigenvalue weighted by Gasteiger charge is -2.17. The second kappa shape index (κ2) is 5.53. The van der Waals surface area contributed by atoms with E-state index in [2.05, 4.69) is 5.32 Å². The van der Waals surface area contributed by atoms with E-state index in [1.165, 1.54) is 6.08 Å². The van der Waals surface area contributed by atoms with Crippen molar-refractivity contribution < 1.29 is 9.53 Å². The van der Waals surface area contributed by atoms with Crippen LogP contribution in [0.3, 0.4) is 0 Å². The average Bonchev–Trinajstić information content (AvgIpc) is 2.18. The molecule has 17 heavy (non-hydrogen) atoms. The van der Waals surface area contributed by atoms with Crippen LogP contribution in [0.2, 0.25) is 0 Å². The highest BCUT2D eigenvalue weighted by Crippen LogP contribution is 2.13. The molecule has 1 aromatic rings. The van der Waals surface area contributed by atoms with Gasteiger partial charge in [-0.15, -0.1) is 0 Å². The lowest BCUT2D eigenvalue weighted by Crippen LogP contribution is -2.22. The van der Waals surface area contributed by atoms with Crippen molar-refractivity contribution >= 4 is 11.7 Å². The molecule has 0 aliphatic carbocycles. The van der Waals surface area contributed by atoms with E-state index in [0.717, 1.165) is 11.3 Å². The SMILES string of the molecule is Cc1ccccc1N/C=C\C(=O)OC(C)(C)C. The third-order valence-corrected chi connectivity index (χ3v) is 2.01. The van der Waals surface area contributed by atoms with Gasteiger partial charge < -0.3 is 10.1 Å². The molecule has 0 radical (unpaired) electrons. The summed E-state index contributed by atoms with van der Waals surface area (Å²) < 4.78 is 5.14. The van der Waals surface area contributed by atoms with Gasteiger partial charge in [0.1, 0.15) is 5.60 Å². The summed E-state index contributed by atoms with van der Waals surface area (Å²) in [5, 5.41) is 3.05. The number of aryl methyl sites for hydroxylation is 1. The first-order valence-corrected chi connectivity index (χ1v) is 5.60. The van der Waals surface area contributed by atoms with Gasteiger partial charge in [-0.1, -0.05) is 18.2 Å². The summed E-state index contributed by atoms with van der Waals surface area (Å²) in [6.07, 6.45) is 2.98. The Balaban J connectivity index is 2.51. The molecule has 0 saturated heterocycles. The number of carbonyl (C=O) groups is 1. The lowest BCUT2D eigenvalue weighted by atomic mass is 10.2. The van der Waals surface area contributed by atoms with Crippen LogP contribution >= 0.6 is 0 Å². The first kappa shape index (κ1) is 13.3. The van der Waals surface area contributed by atoms with Crippen LogP contribution in [0.5, 0.6) is 0 Å². The van der Waals surface area contributed by atoms with E-state index in [9.17, 15) is 4.79 Å². The van der Waals surface area contributed by atoms with Crippen LogP contribution in [0.4, 0.5) is 5.69 Å². The van der Waals surface area contributed by atoms with Crippen molar-refractivity contribution in [2.75, 3.05) is 5.32 Å². The van der Waals surface area contributed by atoms with Crippen LogP contribution in [0.15, 0.2) is 36.5 Å². The fraction of sp³-hybridized carbons (Fsp3) is 0.357. The summed E-state index contributed by atoms with van der Waals surface area (Å²) in [4.78, 5) is 11.4. The molecule has 3 nitrogen and oxygen atoms in total. The Morgan fingerprint density at radius 1 is 1.29 bits per heavy atom. The molecule has 0 spiro atoms. The number of esters is 1. The average molecular weight is 233 g/mol. The summed E-state index contributed by atoms with van der Waals surface area (Å²) in [5.41, 5.74) is 1.65. The molecule has 0 heterocycles. The highest BCUT2D eigenvalue weighted by atomic mass is 16.6. The molecule has 1 N–H and O–H groups in total. The Hall–Kier alpha value is -1.77. The number of para-hydroxylation sites is 1. The van der Waals surface area contributed by atoms with E-state index in [0.29, 0.717) is 0 Å². The molecule has 0 saturated carbocycles. The summed E-state index contributed by atoms with van der Waals surface area (Å²) in [6.45, 7) is 7.53. The van der Waals surface area contributed by atoms with Gasteiger partial charge in [0, 0.05) is 18.0 Å². The van der Waals surface area contributed by atoms with Crippen molar-refractivity contribution in [3.8, 4) is 0 Å². The predicted molar refractivity (Wildman–Crippen MR) is 69.8 cm³/mol. The molecule has 3 heteroatoms. The molecule has 0 bridgehead atoms. The maximum absolute atomic E-state index is 11.4. The fourth-order valence-corrected chi connectivity index (χ4v) is 1.27. The van der Waals surface area contributed by atoms with Crippen molar-refractivity contribution in [1.82, 2.24) is 0 Å². The number of hydrogen-bond acceptors (Lipinski definition) is 3. The normalized spacial score (nSPS) is 11.5. The number of rotatable bonds is 3. The van der Waals surface area contributed by atoms with E-state index in [-0.39, 0.29) is 5.97 Å². The molecule has 1 rings (SSSR count). The zero-order valence-electron chi connectivity index (χ0n) is 10.8. The van der Waals surface area contributed by atoms with Crippen LogP contribution in [0, 0.1) is 6.92 Å². The number of carbonyl (C=O) groups excluding carboxylic acids is 1. The first-order chi connectivity index (χ1) is 7.88. The van der Waals surface area contributed by atoms with Crippen molar-refractivity contribution in [3.05, 3.63) is 42.1 Å². The zero-order chi connectivity index (χ0) is 12.9. The molecule has 0 aromatic heterocycles. The predicted octanol–water partition coefficient (Wildman–Crippen LogP) is 3.26. The van der Waals surface area contributed by atoms with Crippen LogP contribution in [-0.4, -0.2) is 11.6 Å². The van der Waals surface area contributed by atoms with E-state index in [4.69, 9.17) is 4.74 Å². The third kappa shape index (κ3) is 5.20. The third-order valence-electron chi connectivity index (χ3n) is 2.01. The molecule has 0 aliphatic heterocycles. The minimum Gasteiger partial charge on any atom is -0.457 e. The standard InChI is InChI=1S/C14H19NO2/c1-11-7-5-6-8-12(11)15-10-9-13(16)17-14(2,3)4/h5-10,15H,1-4H3/b10-9-.